The maximum absolute atomic E-state index is 12.3. The molecule has 0 N–H and O–H groups in total. The van der Waals surface area contributed by atoms with Crippen molar-refractivity contribution >= 4 is 12.0 Å². The summed E-state index contributed by atoms with van der Waals surface area (Å²) in [6, 6.07) is 5.73. The molecule has 1 aromatic rings. The van der Waals surface area contributed by atoms with Crippen LogP contribution in [0, 0.1) is 0 Å². The van der Waals surface area contributed by atoms with Crippen LogP contribution in [0.25, 0.3) is 6.08 Å². The lowest BCUT2D eigenvalue weighted by Crippen LogP contribution is -2.48. The molecular weight excluding hydrogens is 304 g/mol. The van der Waals surface area contributed by atoms with Gasteiger partial charge in [-0.05, 0) is 44.2 Å². The molecule has 1 amide bonds. The van der Waals surface area contributed by atoms with E-state index in [1.807, 2.05) is 43.0 Å². The van der Waals surface area contributed by atoms with E-state index in [4.69, 9.17) is 9.47 Å². The Bertz CT molecular complexity index is 564. The van der Waals surface area contributed by atoms with E-state index < -0.39 is 0 Å². The molecule has 0 atom stereocenters. The highest BCUT2D eigenvalue weighted by Gasteiger charge is 2.18. The number of hydrogen-bond acceptors (Lipinski definition) is 4. The summed E-state index contributed by atoms with van der Waals surface area (Å²) in [4.78, 5) is 16.6. The lowest BCUT2D eigenvalue weighted by Gasteiger charge is -2.33. The summed E-state index contributed by atoms with van der Waals surface area (Å²) < 4.78 is 11.2. The molecule has 2 rings (SSSR count). The Balaban J connectivity index is 2.00. The highest BCUT2D eigenvalue weighted by atomic mass is 16.5. The van der Waals surface area contributed by atoms with Crippen LogP contribution in [-0.2, 0) is 4.79 Å². The normalized spacial score (nSPS) is 15.7. The molecule has 0 saturated carbocycles. The van der Waals surface area contributed by atoms with Gasteiger partial charge in [-0.1, -0.05) is 13.0 Å². The average Bonchev–Trinajstić information content (AvgIpc) is 2.62. The van der Waals surface area contributed by atoms with Gasteiger partial charge < -0.3 is 19.3 Å². The van der Waals surface area contributed by atoms with E-state index in [9.17, 15) is 4.79 Å². The monoisotopic (exact) mass is 332 g/mol. The summed E-state index contributed by atoms with van der Waals surface area (Å²) in [5.74, 6) is 1.52. The maximum atomic E-state index is 12.3. The van der Waals surface area contributed by atoms with Crippen LogP contribution in [0.4, 0.5) is 0 Å². The van der Waals surface area contributed by atoms with Gasteiger partial charge in [-0.3, -0.25) is 4.79 Å². The molecule has 24 heavy (non-hydrogen) atoms. The Kier molecular flexibility index (Phi) is 7.12. The summed E-state index contributed by atoms with van der Waals surface area (Å²) in [6.45, 7) is 11.8. The standard InChI is InChI=1S/C19H28N2O3/c1-4-20-11-13-21(14-12-20)19(22)10-8-16-7-9-17(23-5-2)18(15-16)24-6-3/h7-10,15H,4-6,11-14H2,1-3H3. The quantitative estimate of drug-likeness (QED) is 0.720. The minimum atomic E-state index is 0.0672. The first-order valence-corrected chi connectivity index (χ1v) is 8.76. The van der Waals surface area contributed by atoms with Crippen molar-refractivity contribution in [3.63, 3.8) is 0 Å². The SMILES string of the molecule is CCOc1ccc(C=CC(=O)N2CCN(CC)CC2)cc1OCC. The maximum Gasteiger partial charge on any atom is 0.246 e. The highest BCUT2D eigenvalue weighted by molar-refractivity contribution is 5.92. The predicted molar refractivity (Wildman–Crippen MR) is 96.5 cm³/mol. The molecular formula is C19H28N2O3. The van der Waals surface area contributed by atoms with Gasteiger partial charge in [-0.2, -0.15) is 0 Å². The van der Waals surface area contributed by atoms with Crippen molar-refractivity contribution in [2.24, 2.45) is 0 Å². The van der Waals surface area contributed by atoms with E-state index in [-0.39, 0.29) is 5.91 Å². The van der Waals surface area contributed by atoms with Gasteiger partial charge in [0.05, 0.1) is 13.2 Å². The predicted octanol–water partition coefficient (Wildman–Crippen LogP) is 2.66. The minimum Gasteiger partial charge on any atom is -0.490 e. The third kappa shape index (κ3) is 4.99. The van der Waals surface area contributed by atoms with Crippen LogP contribution in [0.3, 0.4) is 0 Å². The Labute approximate surface area is 144 Å². The molecule has 132 valence electrons. The topological polar surface area (TPSA) is 42.0 Å². The molecule has 0 aromatic heterocycles. The van der Waals surface area contributed by atoms with Crippen molar-refractivity contribution in [3.05, 3.63) is 29.8 Å². The van der Waals surface area contributed by atoms with Gasteiger partial charge in [-0.25, -0.2) is 0 Å². The van der Waals surface area contributed by atoms with Gasteiger partial charge in [0.1, 0.15) is 0 Å². The summed E-state index contributed by atoms with van der Waals surface area (Å²) in [5.41, 5.74) is 0.933. The number of amides is 1. The average molecular weight is 332 g/mol. The summed E-state index contributed by atoms with van der Waals surface area (Å²) in [5, 5.41) is 0. The van der Waals surface area contributed by atoms with Crippen LogP contribution in [0.5, 0.6) is 11.5 Å². The molecule has 0 radical (unpaired) electrons. The fraction of sp³-hybridized carbons (Fsp3) is 0.526. The van der Waals surface area contributed by atoms with E-state index in [1.165, 1.54) is 0 Å². The third-order valence-corrected chi connectivity index (χ3v) is 4.12. The number of likely N-dealkylation sites (N-methyl/N-ethyl adjacent to an activating group) is 1. The van der Waals surface area contributed by atoms with Crippen LogP contribution in [0.1, 0.15) is 26.3 Å². The molecule has 1 aliphatic rings. The number of carbonyl (C=O) groups is 1. The molecule has 0 unspecified atom stereocenters. The Morgan fingerprint density at radius 2 is 1.71 bits per heavy atom. The van der Waals surface area contributed by atoms with Crippen LogP contribution in [-0.4, -0.2) is 61.6 Å². The molecule has 5 nitrogen and oxygen atoms in total. The highest BCUT2D eigenvalue weighted by Crippen LogP contribution is 2.29. The van der Waals surface area contributed by atoms with Crippen molar-refractivity contribution in [1.82, 2.24) is 9.80 Å². The zero-order valence-electron chi connectivity index (χ0n) is 15.0. The third-order valence-electron chi connectivity index (χ3n) is 4.12. The van der Waals surface area contributed by atoms with Gasteiger partial charge in [0.15, 0.2) is 11.5 Å². The van der Waals surface area contributed by atoms with Gasteiger partial charge >= 0.3 is 0 Å². The van der Waals surface area contributed by atoms with Gasteiger partial charge in [0.25, 0.3) is 0 Å². The number of rotatable bonds is 7. The van der Waals surface area contributed by atoms with Gasteiger partial charge in [-0.15, -0.1) is 0 Å². The van der Waals surface area contributed by atoms with Crippen molar-refractivity contribution < 1.29 is 14.3 Å². The molecule has 1 aliphatic heterocycles. The van der Waals surface area contributed by atoms with Crippen molar-refractivity contribution in [1.29, 1.82) is 0 Å². The fourth-order valence-corrected chi connectivity index (χ4v) is 2.73. The zero-order valence-corrected chi connectivity index (χ0v) is 15.0. The second-order valence-electron chi connectivity index (χ2n) is 5.67. The lowest BCUT2D eigenvalue weighted by atomic mass is 10.2. The van der Waals surface area contributed by atoms with E-state index in [0.717, 1.165) is 44.0 Å². The van der Waals surface area contributed by atoms with Crippen LogP contribution in [0.2, 0.25) is 0 Å². The van der Waals surface area contributed by atoms with Gasteiger partial charge in [0, 0.05) is 32.3 Å². The molecule has 0 aliphatic carbocycles. The first-order chi connectivity index (χ1) is 11.7. The summed E-state index contributed by atoms with van der Waals surface area (Å²) >= 11 is 0. The van der Waals surface area contributed by atoms with Crippen LogP contribution >= 0.6 is 0 Å². The fourth-order valence-electron chi connectivity index (χ4n) is 2.73. The number of nitrogens with zero attached hydrogens (tertiary/aromatic N) is 2. The van der Waals surface area contributed by atoms with Crippen molar-refractivity contribution in [3.8, 4) is 11.5 Å². The smallest absolute Gasteiger partial charge is 0.246 e. The first-order valence-electron chi connectivity index (χ1n) is 8.76. The Hall–Kier alpha value is -2.01. The first kappa shape index (κ1) is 18.3. The molecule has 0 spiro atoms. The molecule has 1 aromatic carbocycles. The molecule has 1 saturated heterocycles. The van der Waals surface area contributed by atoms with Crippen LogP contribution < -0.4 is 9.47 Å². The van der Waals surface area contributed by atoms with Crippen molar-refractivity contribution in [2.45, 2.75) is 20.8 Å². The van der Waals surface area contributed by atoms with E-state index >= 15 is 0 Å². The van der Waals surface area contributed by atoms with Gasteiger partial charge in [0.2, 0.25) is 5.91 Å². The van der Waals surface area contributed by atoms with E-state index in [1.54, 1.807) is 6.08 Å². The number of piperazine rings is 1. The zero-order chi connectivity index (χ0) is 17.4. The number of ether oxygens (including phenoxy) is 2. The minimum absolute atomic E-state index is 0.0672. The largest absolute Gasteiger partial charge is 0.490 e. The molecule has 5 heteroatoms. The Morgan fingerprint density at radius 3 is 2.33 bits per heavy atom. The number of carbonyl (C=O) groups excluding carboxylic acids is 1. The number of benzene rings is 1. The summed E-state index contributed by atoms with van der Waals surface area (Å²) in [6.07, 6.45) is 3.49. The lowest BCUT2D eigenvalue weighted by molar-refractivity contribution is -0.127. The molecule has 1 heterocycles. The van der Waals surface area contributed by atoms with Crippen LogP contribution in [0.15, 0.2) is 24.3 Å². The van der Waals surface area contributed by atoms with Crippen molar-refractivity contribution in [2.75, 3.05) is 45.9 Å². The van der Waals surface area contributed by atoms with E-state index in [2.05, 4.69) is 11.8 Å². The molecule has 1 fully saturated rings. The van der Waals surface area contributed by atoms with E-state index in [0.29, 0.717) is 19.0 Å². The number of hydrogen-bond donors (Lipinski definition) is 0. The second kappa shape index (κ2) is 9.33. The second-order valence-corrected chi connectivity index (χ2v) is 5.67. The molecule has 0 bridgehead atoms. The summed E-state index contributed by atoms with van der Waals surface area (Å²) in [7, 11) is 0. The Morgan fingerprint density at radius 1 is 1.04 bits per heavy atom.